The van der Waals surface area contributed by atoms with E-state index < -0.39 is 0 Å². The zero-order valence-corrected chi connectivity index (χ0v) is 24.2. The van der Waals surface area contributed by atoms with E-state index in [4.69, 9.17) is 19.4 Å². The van der Waals surface area contributed by atoms with Crippen molar-refractivity contribution in [2.45, 2.75) is 0 Å². The molecule has 9 rings (SSSR count). The summed E-state index contributed by atoms with van der Waals surface area (Å²) in [6.07, 6.45) is 0. The number of furan rings is 1. The molecule has 0 aliphatic heterocycles. The van der Waals surface area contributed by atoms with Gasteiger partial charge in [0.1, 0.15) is 11.2 Å². The van der Waals surface area contributed by atoms with Crippen molar-refractivity contribution in [3.63, 3.8) is 0 Å². The second kappa shape index (κ2) is 10.2. The molecule has 0 atom stereocenters. The van der Waals surface area contributed by atoms with Crippen LogP contribution in [-0.4, -0.2) is 15.0 Å². The molecule has 0 radical (unpaired) electrons. The van der Waals surface area contributed by atoms with Gasteiger partial charge in [-0.05, 0) is 56.9 Å². The number of aromatic nitrogens is 3. The summed E-state index contributed by atoms with van der Waals surface area (Å²) in [6, 6.07) is 52.2. The van der Waals surface area contributed by atoms with E-state index in [1.165, 1.54) is 5.39 Å². The summed E-state index contributed by atoms with van der Waals surface area (Å²) in [5.41, 5.74) is 6.60. The van der Waals surface area contributed by atoms with E-state index >= 15 is 0 Å². The first kappa shape index (κ1) is 25.4. The normalized spacial score (nSPS) is 11.6. The molecule has 0 N–H and O–H groups in total. The molecule has 0 fully saturated rings. The fourth-order valence-corrected chi connectivity index (χ4v) is 6.33. The van der Waals surface area contributed by atoms with Gasteiger partial charge >= 0.3 is 0 Å². The van der Waals surface area contributed by atoms with E-state index in [2.05, 4.69) is 115 Å². The summed E-state index contributed by atoms with van der Waals surface area (Å²) < 4.78 is 6.60. The molecule has 9 aromatic rings. The van der Waals surface area contributed by atoms with Crippen molar-refractivity contribution in [2.24, 2.45) is 0 Å². The molecule has 45 heavy (non-hydrogen) atoms. The molecular weight excluding hydrogens is 550 g/mol. The zero-order chi connectivity index (χ0) is 29.7. The lowest BCUT2D eigenvalue weighted by Gasteiger charge is -2.12. The van der Waals surface area contributed by atoms with Crippen LogP contribution in [0, 0.1) is 0 Å². The fourth-order valence-electron chi connectivity index (χ4n) is 6.33. The number of hydrogen-bond donors (Lipinski definition) is 0. The van der Waals surface area contributed by atoms with Gasteiger partial charge in [-0.15, -0.1) is 0 Å². The maximum atomic E-state index is 6.60. The number of fused-ring (bicyclic) bond motifs is 5. The average Bonchev–Trinajstić information content (AvgIpc) is 3.47. The third-order valence-electron chi connectivity index (χ3n) is 8.48. The smallest absolute Gasteiger partial charge is 0.164 e. The van der Waals surface area contributed by atoms with E-state index in [9.17, 15) is 0 Å². The van der Waals surface area contributed by atoms with Crippen molar-refractivity contribution >= 4 is 43.5 Å². The lowest BCUT2D eigenvalue weighted by atomic mass is 9.96. The van der Waals surface area contributed by atoms with E-state index in [-0.39, 0.29) is 0 Å². The Morgan fingerprint density at radius 3 is 1.73 bits per heavy atom. The SMILES string of the molecule is c1ccc(-c2nc(-c3cc(-c4ccccc4)c4c(c3)oc3cc5ccccc5cc34)nc(-c3cccc4ccccc34)n2)cc1. The minimum Gasteiger partial charge on any atom is -0.456 e. The first-order valence-corrected chi connectivity index (χ1v) is 15.0. The van der Waals surface area contributed by atoms with Gasteiger partial charge in [-0.3, -0.25) is 0 Å². The van der Waals surface area contributed by atoms with Crippen LogP contribution in [0.2, 0.25) is 0 Å². The van der Waals surface area contributed by atoms with Gasteiger partial charge in [-0.1, -0.05) is 127 Å². The van der Waals surface area contributed by atoms with Gasteiger partial charge in [0, 0.05) is 27.5 Å². The third-order valence-corrected chi connectivity index (χ3v) is 8.48. The summed E-state index contributed by atoms with van der Waals surface area (Å²) in [5, 5.41) is 6.74. The molecule has 0 bridgehead atoms. The highest BCUT2D eigenvalue weighted by molar-refractivity contribution is 6.16. The molecule has 2 heterocycles. The lowest BCUT2D eigenvalue weighted by molar-refractivity contribution is 0.669. The van der Waals surface area contributed by atoms with Gasteiger partial charge in [-0.25, -0.2) is 15.0 Å². The van der Waals surface area contributed by atoms with Crippen LogP contribution in [0.15, 0.2) is 156 Å². The van der Waals surface area contributed by atoms with E-state index in [1.54, 1.807) is 0 Å². The Bertz CT molecular complexity index is 2530. The summed E-state index contributed by atoms with van der Waals surface area (Å²) in [7, 11) is 0. The van der Waals surface area contributed by atoms with Crippen LogP contribution in [0.3, 0.4) is 0 Å². The molecule has 210 valence electrons. The largest absolute Gasteiger partial charge is 0.456 e. The molecule has 0 aliphatic rings. The van der Waals surface area contributed by atoms with Gasteiger partial charge in [0.25, 0.3) is 0 Å². The van der Waals surface area contributed by atoms with Crippen molar-refractivity contribution in [1.82, 2.24) is 15.0 Å². The third kappa shape index (κ3) is 4.35. The van der Waals surface area contributed by atoms with Gasteiger partial charge in [0.15, 0.2) is 17.5 Å². The first-order chi connectivity index (χ1) is 22.3. The molecule has 0 aliphatic carbocycles. The number of benzene rings is 7. The number of nitrogens with zero attached hydrogens (tertiary/aromatic N) is 3. The topological polar surface area (TPSA) is 51.8 Å². The molecule has 0 saturated heterocycles. The van der Waals surface area contributed by atoms with Crippen molar-refractivity contribution in [3.05, 3.63) is 152 Å². The first-order valence-electron chi connectivity index (χ1n) is 15.0. The minimum absolute atomic E-state index is 0.594. The highest BCUT2D eigenvalue weighted by Crippen LogP contribution is 2.41. The summed E-state index contributed by atoms with van der Waals surface area (Å²) in [4.78, 5) is 15.2. The van der Waals surface area contributed by atoms with Crippen LogP contribution >= 0.6 is 0 Å². The van der Waals surface area contributed by atoms with Crippen molar-refractivity contribution < 1.29 is 4.42 Å². The molecule has 0 unspecified atom stereocenters. The molecule has 2 aromatic heterocycles. The molecule has 4 nitrogen and oxygen atoms in total. The van der Waals surface area contributed by atoms with Crippen LogP contribution in [-0.2, 0) is 0 Å². The monoisotopic (exact) mass is 575 g/mol. The Kier molecular flexibility index (Phi) is 5.78. The quantitative estimate of drug-likeness (QED) is 0.209. The second-order valence-electron chi connectivity index (χ2n) is 11.3. The molecule has 4 heteroatoms. The van der Waals surface area contributed by atoms with E-state index in [0.717, 1.165) is 65.9 Å². The fraction of sp³-hybridized carbons (Fsp3) is 0. The maximum Gasteiger partial charge on any atom is 0.164 e. The predicted molar refractivity (Wildman–Crippen MR) is 184 cm³/mol. The van der Waals surface area contributed by atoms with E-state index in [0.29, 0.717) is 17.5 Å². The Balaban J connectivity index is 1.34. The van der Waals surface area contributed by atoms with Crippen molar-refractivity contribution in [1.29, 1.82) is 0 Å². The predicted octanol–water partition coefficient (Wildman–Crippen LogP) is 10.7. The summed E-state index contributed by atoms with van der Waals surface area (Å²) >= 11 is 0. The summed E-state index contributed by atoms with van der Waals surface area (Å²) in [6.45, 7) is 0. The molecule has 7 aromatic carbocycles. The Morgan fingerprint density at radius 2 is 0.956 bits per heavy atom. The lowest BCUT2D eigenvalue weighted by Crippen LogP contribution is -2.00. The standard InChI is InChI=1S/C41H25N3O/c1-3-12-27(13-4-1)34-23-31(25-37-38(34)35-22-29-17-7-8-18-30(29)24-36(35)45-37)40-42-39(28-15-5-2-6-16-28)43-41(44-40)33-21-11-19-26-14-9-10-20-32(26)33/h1-25H. The maximum absolute atomic E-state index is 6.60. The Labute approximate surface area is 259 Å². The Morgan fingerprint density at radius 1 is 0.356 bits per heavy atom. The zero-order valence-electron chi connectivity index (χ0n) is 24.2. The average molecular weight is 576 g/mol. The minimum atomic E-state index is 0.594. The van der Waals surface area contributed by atoms with Crippen LogP contribution in [0.1, 0.15) is 0 Å². The molecule has 0 spiro atoms. The highest BCUT2D eigenvalue weighted by Gasteiger charge is 2.19. The summed E-state index contributed by atoms with van der Waals surface area (Å²) in [5.74, 6) is 1.85. The second-order valence-corrected chi connectivity index (χ2v) is 11.3. The highest BCUT2D eigenvalue weighted by atomic mass is 16.3. The molecular formula is C41H25N3O. The molecule has 0 saturated carbocycles. The van der Waals surface area contributed by atoms with Crippen LogP contribution in [0.25, 0.3) is 88.8 Å². The van der Waals surface area contributed by atoms with Gasteiger partial charge in [-0.2, -0.15) is 0 Å². The van der Waals surface area contributed by atoms with Crippen LogP contribution in [0.4, 0.5) is 0 Å². The van der Waals surface area contributed by atoms with E-state index in [1.807, 2.05) is 36.4 Å². The van der Waals surface area contributed by atoms with Gasteiger partial charge in [0.05, 0.1) is 0 Å². The number of hydrogen-bond acceptors (Lipinski definition) is 4. The van der Waals surface area contributed by atoms with Gasteiger partial charge in [0.2, 0.25) is 0 Å². The van der Waals surface area contributed by atoms with Crippen molar-refractivity contribution in [3.8, 4) is 45.3 Å². The van der Waals surface area contributed by atoms with Crippen molar-refractivity contribution in [2.75, 3.05) is 0 Å². The number of rotatable bonds is 4. The van der Waals surface area contributed by atoms with Crippen LogP contribution < -0.4 is 0 Å². The Hall–Kier alpha value is -6.13. The van der Waals surface area contributed by atoms with Crippen LogP contribution in [0.5, 0.6) is 0 Å². The van der Waals surface area contributed by atoms with Gasteiger partial charge < -0.3 is 4.42 Å². The molecule has 0 amide bonds.